The molecular formula is C23H30N4O4S. The number of benzene rings is 1. The van der Waals surface area contributed by atoms with Crippen LogP contribution in [0.4, 0.5) is 0 Å². The van der Waals surface area contributed by atoms with Crippen molar-refractivity contribution in [1.82, 2.24) is 20.5 Å². The van der Waals surface area contributed by atoms with E-state index in [9.17, 15) is 19.5 Å². The largest absolute Gasteiger partial charge is 0.391 e. The fourth-order valence-corrected chi connectivity index (χ4v) is 4.70. The molecule has 1 aromatic carbocycles. The van der Waals surface area contributed by atoms with Crippen molar-refractivity contribution >= 4 is 29.6 Å². The highest BCUT2D eigenvalue weighted by Crippen LogP contribution is 2.28. The van der Waals surface area contributed by atoms with Gasteiger partial charge in [-0.3, -0.25) is 14.4 Å². The van der Waals surface area contributed by atoms with E-state index in [0.29, 0.717) is 13.0 Å². The standard InChI is InChI=1S/C23H30N4O4S/c1-14-19(32-13-26-14)16-7-5-15(6-8-16)10-24-21(30)18-9-17(29)11-27(18)22(31)20(25-12-28)23(2,3)4/h5-8,12-13,17-18,20,29H,9-11H2,1-4H3,(H,24,30)(H,25,28)/t17-,18+,20-/m0/s1. The number of aromatic nitrogens is 1. The molecule has 3 amide bonds. The van der Waals surface area contributed by atoms with Crippen LogP contribution in [0.3, 0.4) is 0 Å². The molecule has 9 heteroatoms. The Kier molecular flexibility index (Phi) is 7.30. The van der Waals surface area contributed by atoms with E-state index < -0.39 is 23.6 Å². The third-order valence-electron chi connectivity index (χ3n) is 5.64. The number of carbonyl (C=O) groups is 3. The predicted octanol–water partition coefficient (Wildman–Crippen LogP) is 1.86. The SMILES string of the molecule is Cc1ncsc1-c1ccc(CNC(=O)[C@H]2C[C@H](O)CN2C(=O)[C@H](NC=O)C(C)(C)C)cc1. The molecule has 32 heavy (non-hydrogen) atoms. The van der Waals surface area contributed by atoms with Crippen molar-refractivity contribution in [1.29, 1.82) is 0 Å². The van der Waals surface area contributed by atoms with Crippen LogP contribution < -0.4 is 10.6 Å². The second-order valence-corrected chi connectivity index (χ2v) is 10.0. The lowest BCUT2D eigenvalue weighted by molar-refractivity contribution is -0.143. The van der Waals surface area contributed by atoms with Crippen LogP contribution in [-0.4, -0.2) is 57.9 Å². The maximum atomic E-state index is 13.1. The highest BCUT2D eigenvalue weighted by atomic mass is 32.1. The van der Waals surface area contributed by atoms with Crippen LogP contribution in [0.25, 0.3) is 10.4 Å². The van der Waals surface area contributed by atoms with Gasteiger partial charge in [-0.2, -0.15) is 0 Å². The average Bonchev–Trinajstić information content (AvgIpc) is 3.35. The number of amides is 3. The van der Waals surface area contributed by atoms with E-state index in [1.54, 1.807) is 11.3 Å². The molecule has 1 aromatic heterocycles. The number of thiazole rings is 1. The quantitative estimate of drug-likeness (QED) is 0.549. The molecule has 0 unspecified atom stereocenters. The molecular weight excluding hydrogens is 428 g/mol. The molecule has 1 saturated heterocycles. The number of aliphatic hydroxyl groups excluding tert-OH is 1. The number of hydrogen-bond acceptors (Lipinski definition) is 6. The monoisotopic (exact) mass is 458 g/mol. The van der Waals surface area contributed by atoms with Gasteiger partial charge in [0, 0.05) is 19.5 Å². The molecule has 0 bridgehead atoms. The Morgan fingerprint density at radius 2 is 2.00 bits per heavy atom. The van der Waals surface area contributed by atoms with Crippen molar-refractivity contribution in [2.75, 3.05) is 6.54 Å². The van der Waals surface area contributed by atoms with Gasteiger partial charge in [0.15, 0.2) is 0 Å². The highest BCUT2D eigenvalue weighted by molar-refractivity contribution is 7.13. The van der Waals surface area contributed by atoms with Gasteiger partial charge in [-0.05, 0) is 23.5 Å². The Hall–Kier alpha value is -2.78. The Morgan fingerprint density at radius 3 is 2.56 bits per heavy atom. The average molecular weight is 459 g/mol. The number of hydrogen-bond donors (Lipinski definition) is 3. The van der Waals surface area contributed by atoms with Crippen molar-refractivity contribution in [3.8, 4) is 10.4 Å². The maximum absolute atomic E-state index is 13.1. The lowest BCUT2D eigenvalue weighted by atomic mass is 9.85. The molecule has 0 radical (unpaired) electrons. The highest BCUT2D eigenvalue weighted by Gasteiger charge is 2.43. The number of aryl methyl sites for hydroxylation is 1. The first kappa shape index (κ1) is 23.9. The van der Waals surface area contributed by atoms with Crippen LogP contribution in [0.15, 0.2) is 29.8 Å². The zero-order chi connectivity index (χ0) is 23.5. The molecule has 2 aromatic rings. The summed E-state index contributed by atoms with van der Waals surface area (Å²) in [4.78, 5) is 43.8. The van der Waals surface area contributed by atoms with E-state index >= 15 is 0 Å². The van der Waals surface area contributed by atoms with E-state index in [4.69, 9.17) is 0 Å². The summed E-state index contributed by atoms with van der Waals surface area (Å²) in [6.07, 6.45) is -0.125. The summed E-state index contributed by atoms with van der Waals surface area (Å²) in [7, 11) is 0. The van der Waals surface area contributed by atoms with Crippen molar-refractivity contribution in [3.05, 3.63) is 41.0 Å². The van der Waals surface area contributed by atoms with Gasteiger partial charge in [0.2, 0.25) is 18.2 Å². The van der Waals surface area contributed by atoms with Crippen LogP contribution in [0.5, 0.6) is 0 Å². The summed E-state index contributed by atoms with van der Waals surface area (Å²) in [5.74, 6) is -0.693. The minimum atomic E-state index is -0.789. The number of nitrogens with one attached hydrogen (secondary N) is 2. The van der Waals surface area contributed by atoms with E-state index in [0.717, 1.165) is 21.7 Å². The fourth-order valence-electron chi connectivity index (χ4n) is 3.89. The fraction of sp³-hybridized carbons (Fsp3) is 0.478. The molecule has 1 aliphatic heterocycles. The van der Waals surface area contributed by atoms with Gasteiger partial charge >= 0.3 is 0 Å². The number of likely N-dealkylation sites (tertiary alicyclic amines) is 1. The summed E-state index contributed by atoms with van der Waals surface area (Å²) < 4.78 is 0. The molecule has 3 N–H and O–H groups in total. The van der Waals surface area contributed by atoms with Gasteiger partial charge < -0.3 is 20.6 Å². The van der Waals surface area contributed by atoms with Crippen molar-refractivity contribution in [2.45, 2.75) is 58.8 Å². The predicted molar refractivity (Wildman–Crippen MR) is 123 cm³/mol. The summed E-state index contributed by atoms with van der Waals surface area (Å²) in [6, 6.07) is 6.32. The number of carbonyl (C=O) groups excluding carboxylic acids is 3. The molecule has 3 rings (SSSR count). The third-order valence-corrected chi connectivity index (χ3v) is 6.62. The number of aliphatic hydroxyl groups is 1. The van der Waals surface area contributed by atoms with Gasteiger partial charge in [0.25, 0.3) is 0 Å². The molecule has 3 atom stereocenters. The van der Waals surface area contributed by atoms with E-state index in [2.05, 4.69) is 15.6 Å². The first-order valence-electron chi connectivity index (χ1n) is 10.6. The van der Waals surface area contributed by atoms with Gasteiger partial charge in [0.1, 0.15) is 12.1 Å². The van der Waals surface area contributed by atoms with E-state index in [1.807, 2.05) is 57.5 Å². The molecule has 0 saturated carbocycles. The lowest BCUT2D eigenvalue weighted by Gasteiger charge is -2.34. The summed E-state index contributed by atoms with van der Waals surface area (Å²) in [5.41, 5.74) is 4.27. The zero-order valence-electron chi connectivity index (χ0n) is 18.8. The van der Waals surface area contributed by atoms with Gasteiger partial charge in [0.05, 0.1) is 22.2 Å². The van der Waals surface area contributed by atoms with Crippen molar-refractivity contribution in [2.24, 2.45) is 5.41 Å². The molecule has 0 spiro atoms. The molecule has 172 valence electrons. The maximum Gasteiger partial charge on any atom is 0.246 e. The summed E-state index contributed by atoms with van der Waals surface area (Å²) in [5, 5.41) is 15.6. The van der Waals surface area contributed by atoms with Crippen LogP contribution >= 0.6 is 11.3 Å². The van der Waals surface area contributed by atoms with E-state index in [-0.39, 0.29) is 24.8 Å². The molecule has 1 fully saturated rings. The van der Waals surface area contributed by atoms with Crippen LogP contribution in [0, 0.1) is 12.3 Å². The molecule has 0 aliphatic carbocycles. The zero-order valence-corrected chi connectivity index (χ0v) is 19.6. The minimum absolute atomic E-state index is 0.0624. The van der Waals surface area contributed by atoms with Crippen LogP contribution in [0.2, 0.25) is 0 Å². The Balaban J connectivity index is 1.66. The van der Waals surface area contributed by atoms with Crippen molar-refractivity contribution < 1.29 is 19.5 Å². The smallest absolute Gasteiger partial charge is 0.246 e. The van der Waals surface area contributed by atoms with E-state index in [1.165, 1.54) is 4.90 Å². The first-order valence-corrected chi connectivity index (χ1v) is 11.4. The topological polar surface area (TPSA) is 112 Å². The van der Waals surface area contributed by atoms with Crippen molar-refractivity contribution in [3.63, 3.8) is 0 Å². The summed E-state index contributed by atoms with van der Waals surface area (Å²) >= 11 is 1.59. The third kappa shape index (κ3) is 5.34. The second kappa shape index (κ2) is 9.79. The Labute approximate surface area is 192 Å². The molecule has 8 nitrogen and oxygen atoms in total. The molecule has 2 heterocycles. The number of β-amino-alcohol motifs (C(OH)–C–C–N with tert-alkyl or cyclic N) is 1. The van der Waals surface area contributed by atoms with Gasteiger partial charge in [-0.1, -0.05) is 45.0 Å². The minimum Gasteiger partial charge on any atom is -0.391 e. The Bertz CT molecular complexity index is 967. The van der Waals surface area contributed by atoms with Crippen LogP contribution in [0.1, 0.15) is 38.4 Å². The lowest BCUT2D eigenvalue weighted by Crippen LogP contribution is -2.56. The molecule has 1 aliphatic rings. The van der Waals surface area contributed by atoms with Gasteiger partial charge in [-0.25, -0.2) is 4.98 Å². The van der Waals surface area contributed by atoms with Crippen LogP contribution in [-0.2, 0) is 20.9 Å². The summed E-state index contributed by atoms with van der Waals surface area (Å²) in [6.45, 7) is 7.86. The normalized spacial score (nSPS) is 19.5. The van der Waals surface area contributed by atoms with Gasteiger partial charge in [-0.15, -0.1) is 11.3 Å². The Morgan fingerprint density at radius 1 is 1.31 bits per heavy atom. The number of nitrogens with zero attached hydrogens (tertiary/aromatic N) is 2. The number of rotatable bonds is 7. The second-order valence-electron chi connectivity index (χ2n) is 9.16. The first-order chi connectivity index (χ1) is 15.1.